The van der Waals surface area contributed by atoms with Gasteiger partial charge in [0.05, 0.1) is 14.2 Å². The van der Waals surface area contributed by atoms with Crippen LogP contribution in [0, 0.1) is 12.5 Å². The van der Waals surface area contributed by atoms with Crippen molar-refractivity contribution in [2.75, 3.05) is 14.2 Å². The average Bonchev–Trinajstić information content (AvgIpc) is 2.04. The zero-order valence-electron chi connectivity index (χ0n) is 5.71. The van der Waals surface area contributed by atoms with Gasteiger partial charge in [0, 0.05) is 0 Å². The van der Waals surface area contributed by atoms with Gasteiger partial charge in [0.25, 0.3) is 5.88 Å². The summed E-state index contributed by atoms with van der Waals surface area (Å²) in [5.74, 6) is 0.735. The van der Waals surface area contributed by atoms with Crippen LogP contribution in [0.1, 0.15) is 0 Å². The zero-order chi connectivity index (χ0) is 7.40. The molecule has 1 rings (SSSR count). The largest absolute Gasteiger partial charge is 0.490 e. The van der Waals surface area contributed by atoms with Crippen LogP contribution in [0.4, 0.5) is 0 Å². The molecule has 0 N–H and O–H groups in total. The highest BCUT2D eigenvalue weighted by molar-refractivity contribution is 5.27. The first kappa shape index (κ1) is 6.80. The Morgan fingerprint density at radius 3 is 2.60 bits per heavy atom. The molecule has 0 saturated heterocycles. The molecule has 0 atom stereocenters. The maximum atomic E-state index is 4.81. The van der Waals surface area contributed by atoms with Crippen molar-refractivity contribution in [3.05, 3.63) is 12.5 Å². The monoisotopic (exact) mass is 138 g/mol. The van der Waals surface area contributed by atoms with Crippen LogP contribution in [0.5, 0.6) is 11.6 Å². The molecule has 0 bridgehead atoms. The van der Waals surface area contributed by atoms with Crippen LogP contribution in [-0.2, 0) is 0 Å². The predicted octanol–water partition coefficient (Wildman–Crippen LogP) is 0.0942. The molecule has 0 spiro atoms. The van der Waals surface area contributed by atoms with Gasteiger partial charge in [-0.1, -0.05) is 0 Å². The minimum Gasteiger partial charge on any atom is -0.490 e. The Hall–Kier alpha value is -1.32. The van der Waals surface area contributed by atoms with E-state index in [2.05, 4.69) is 22.5 Å². The predicted molar refractivity (Wildman–Crippen MR) is 32.8 cm³/mol. The van der Waals surface area contributed by atoms with Crippen molar-refractivity contribution in [3.8, 4) is 11.6 Å². The van der Waals surface area contributed by atoms with Gasteiger partial charge in [0.1, 0.15) is 6.20 Å². The van der Waals surface area contributed by atoms with Gasteiger partial charge in [-0.3, -0.25) is 0 Å². The van der Waals surface area contributed by atoms with Crippen LogP contribution in [0.3, 0.4) is 0 Å². The second-order valence-electron chi connectivity index (χ2n) is 1.48. The Morgan fingerprint density at radius 2 is 2.10 bits per heavy atom. The Bertz CT molecular complexity index is 192. The molecule has 1 aromatic heterocycles. The van der Waals surface area contributed by atoms with E-state index in [1.54, 1.807) is 0 Å². The lowest BCUT2D eigenvalue weighted by Gasteiger charge is -2.01. The topological polar surface area (TPSA) is 44.2 Å². The van der Waals surface area contributed by atoms with E-state index in [-0.39, 0.29) is 0 Å². The summed E-state index contributed by atoms with van der Waals surface area (Å²) in [5.41, 5.74) is 0. The Balaban J connectivity index is 2.96. The fourth-order valence-electron chi connectivity index (χ4n) is 0.516. The minimum absolute atomic E-state index is 0.345. The fraction of sp³-hybridized carbons (Fsp3) is 0.333. The summed E-state index contributed by atoms with van der Waals surface area (Å²) in [6.45, 7) is 0. The number of rotatable bonds is 2. The highest BCUT2D eigenvalue weighted by Gasteiger charge is 2.02. The van der Waals surface area contributed by atoms with Gasteiger partial charge in [-0.2, -0.15) is 4.98 Å². The number of hydrogen-bond donors (Lipinski definition) is 0. The molecule has 0 aromatic carbocycles. The van der Waals surface area contributed by atoms with Crippen molar-refractivity contribution in [2.45, 2.75) is 0 Å². The van der Waals surface area contributed by atoms with E-state index in [0.29, 0.717) is 11.6 Å². The van der Waals surface area contributed by atoms with Gasteiger partial charge in [-0.15, -0.1) is 0 Å². The number of ether oxygens (including phenoxy) is 2. The van der Waals surface area contributed by atoms with Crippen LogP contribution in [0.15, 0.2) is 0 Å². The van der Waals surface area contributed by atoms with Crippen LogP contribution in [0.2, 0.25) is 0 Å². The molecular weight excluding hydrogens is 132 g/mol. The maximum Gasteiger partial charge on any atom is 0.261 e. The van der Waals surface area contributed by atoms with E-state index >= 15 is 0 Å². The number of aromatic nitrogens is 2. The maximum absolute atomic E-state index is 4.81. The fourth-order valence-corrected chi connectivity index (χ4v) is 0.516. The van der Waals surface area contributed by atoms with E-state index in [9.17, 15) is 0 Å². The third-order valence-electron chi connectivity index (χ3n) is 0.951. The lowest BCUT2D eigenvalue weighted by molar-refractivity contribution is 0.339. The van der Waals surface area contributed by atoms with Crippen LogP contribution >= 0.6 is 0 Å². The molecule has 1 aromatic rings. The molecule has 0 unspecified atom stereocenters. The van der Waals surface area contributed by atoms with Crippen molar-refractivity contribution >= 4 is 0 Å². The Kier molecular flexibility index (Phi) is 2.04. The van der Waals surface area contributed by atoms with E-state index in [4.69, 9.17) is 9.47 Å². The summed E-state index contributed by atoms with van der Waals surface area (Å²) in [6, 6.07) is 0. The highest BCUT2D eigenvalue weighted by Crippen LogP contribution is 2.19. The first-order valence-electron chi connectivity index (χ1n) is 2.62. The van der Waals surface area contributed by atoms with Crippen molar-refractivity contribution in [1.82, 2.24) is 9.97 Å². The lowest BCUT2D eigenvalue weighted by Crippen LogP contribution is -1.93. The van der Waals surface area contributed by atoms with Crippen LogP contribution < -0.4 is 9.47 Å². The Labute approximate surface area is 58.8 Å². The SMILES string of the molecule is COc1[c]n[c]nc1OC. The van der Waals surface area contributed by atoms with Gasteiger partial charge < -0.3 is 9.47 Å². The summed E-state index contributed by atoms with van der Waals surface area (Å²) in [7, 11) is 2.99. The summed E-state index contributed by atoms with van der Waals surface area (Å²) in [5, 5.41) is 0. The molecule has 0 aliphatic heterocycles. The molecule has 4 heteroatoms. The first-order valence-corrected chi connectivity index (χ1v) is 2.62. The van der Waals surface area contributed by atoms with Gasteiger partial charge in [-0.25, -0.2) is 4.98 Å². The highest BCUT2D eigenvalue weighted by atomic mass is 16.5. The molecule has 0 amide bonds. The van der Waals surface area contributed by atoms with Gasteiger partial charge >= 0.3 is 0 Å². The second-order valence-corrected chi connectivity index (χ2v) is 1.48. The van der Waals surface area contributed by atoms with E-state index in [0.717, 1.165) is 0 Å². The molecule has 2 radical (unpaired) electrons. The number of hydrogen-bond acceptors (Lipinski definition) is 4. The molecule has 0 fully saturated rings. The molecular formula is C6H6N2O2. The van der Waals surface area contributed by atoms with Gasteiger partial charge in [0.2, 0.25) is 12.1 Å². The summed E-state index contributed by atoms with van der Waals surface area (Å²) in [6.07, 6.45) is 4.85. The van der Waals surface area contributed by atoms with E-state index in [1.165, 1.54) is 14.2 Å². The summed E-state index contributed by atoms with van der Waals surface area (Å²) >= 11 is 0. The van der Waals surface area contributed by atoms with Crippen molar-refractivity contribution < 1.29 is 9.47 Å². The summed E-state index contributed by atoms with van der Waals surface area (Å²) < 4.78 is 9.61. The zero-order valence-corrected chi connectivity index (χ0v) is 5.71. The van der Waals surface area contributed by atoms with Crippen molar-refractivity contribution in [3.63, 3.8) is 0 Å². The molecule has 4 nitrogen and oxygen atoms in total. The van der Waals surface area contributed by atoms with Gasteiger partial charge in [0.15, 0.2) is 0 Å². The van der Waals surface area contributed by atoms with Crippen molar-refractivity contribution in [1.29, 1.82) is 0 Å². The lowest BCUT2D eigenvalue weighted by atomic mass is 10.6. The van der Waals surface area contributed by atoms with Crippen molar-refractivity contribution in [2.24, 2.45) is 0 Å². The number of methoxy groups -OCH3 is 2. The Morgan fingerprint density at radius 1 is 1.30 bits per heavy atom. The van der Waals surface area contributed by atoms with Gasteiger partial charge in [-0.05, 0) is 0 Å². The van der Waals surface area contributed by atoms with Crippen LogP contribution in [-0.4, -0.2) is 24.2 Å². The van der Waals surface area contributed by atoms with E-state index < -0.39 is 0 Å². The third kappa shape index (κ3) is 1.15. The normalized spacial score (nSPS) is 9.00. The molecule has 1 heterocycles. The second kappa shape index (κ2) is 3.00. The minimum atomic E-state index is 0.345. The molecule has 0 aliphatic rings. The molecule has 10 heavy (non-hydrogen) atoms. The van der Waals surface area contributed by atoms with E-state index in [1.807, 2.05) is 0 Å². The summed E-state index contributed by atoms with van der Waals surface area (Å²) in [4.78, 5) is 7.15. The smallest absolute Gasteiger partial charge is 0.261 e. The number of nitrogens with zero attached hydrogens (tertiary/aromatic N) is 2. The third-order valence-corrected chi connectivity index (χ3v) is 0.951. The van der Waals surface area contributed by atoms with Crippen LogP contribution in [0.25, 0.3) is 0 Å². The molecule has 52 valence electrons. The molecule has 0 saturated carbocycles. The average molecular weight is 138 g/mol. The standard InChI is InChI=1S/C6H6N2O2/c1-9-5-3-7-4-8-6(5)10-2/h1-2H3. The molecule has 0 aliphatic carbocycles. The first-order chi connectivity index (χ1) is 4.88. The quantitative estimate of drug-likeness (QED) is 0.581.